The summed E-state index contributed by atoms with van der Waals surface area (Å²) >= 11 is 0. The highest BCUT2D eigenvalue weighted by atomic mass is 19.1. The molecule has 0 aliphatic rings. The molecule has 0 aliphatic heterocycles. The molecule has 1 aromatic carbocycles. The van der Waals surface area contributed by atoms with Crippen LogP contribution in [0.15, 0.2) is 24.3 Å². The van der Waals surface area contributed by atoms with Gasteiger partial charge in [-0.2, -0.15) is 4.79 Å². The number of halogens is 1. The van der Waals surface area contributed by atoms with Crippen LogP contribution in [-0.2, 0) is 9.53 Å². The first-order valence-electron chi connectivity index (χ1n) is 4.92. The molecule has 0 amide bonds. The summed E-state index contributed by atoms with van der Waals surface area (Å²) in [6, 6.07) is 4.81. The third-order valence-corrected chi connectivity index (χ3v) is 2.04. The predicted molar refractivity (Wildman–Crippen MR) is 56.6 cm³/mol. The minimum Gasteiger partial charge on any atom is -0.457 e. The van der Waals surface area contributed by atoms with Gasteiger partial charge in [0, 0.05) is 0 Å². The van der Waals surface area contributed by atoms with Crippen molar-refractivity contribution in [2.75, 3.05) is 6.61 Å². The lowest BCUT2D eigenvalue weighted by Gasteiger charge is -2.05. The lowest BCUT2D eigenvalue weighted by atomic mass is 10.1. The second kappa shape index (κ2) is 5.89. The van der Waals surface area contributed by atoms with Gasteiger partial charge in [0.1, 0.15) is 5.82 Å². The number of aliphatic hydroxyl groups excluding tert-OH is 1. The van der Waals surface area contributed by atoms with Gasteiger partial charge in [0.2, 0.25) is 0 Å². The van der Waals surface area contributed by atoms with E-state index in [-0.39, 0.29) is 12.2 Å². The average Bonchev–Trinajstić information content (AvgIpc) is 2.31. The highest BCUT2D eigenvalue weighted by Gasteiger charge is 2.32. The zero-order valence-electron chi connectivity index (χ0n) is 9.13. The normalized spacial score (nSPS) is 11.5. The van der Waals surface area contributed by atoms with E-state index in [4.69, 9.17) is 5.53 Å². The minimum absolute atomic E-state index is 0.0913. The SMILES string of the molecule is CCOC(=O)C(=[N+]=[N-])C(O)c1ccc(F)cc1. The second-order valence-electron chi connectivity index (χ2n) is 3.16. The number of nitrogens with zero attached hydrogens (tertiary/aromatic N) is 2. The predicted octanol–water partition coefficient (Wildman–Crippen LogP) is 1.09. The number of rotatable bonds is 4. The number of ether oxygens (including phenoxy) is 1. The van der Waals surface area contributed by atoms with Crippen LogP contribution in [0.3, 0.4) is 0 Å². The van der Waals surface area contributed by atoms with E-state index in [9.17, 15) is 14.3 Å². The van der Waals surface area contributed by atoms with Crippen molar-refractivity contribution in [3.05, 3.63) is 41.2 Å². The molecule has 90 valence electrons. The van der Waals surface area contributed by atoms with Crippen molar-refractivity contribution in [2.45, 2.75) is 13.0 Å². The molecule has 0 aromatic heterocycles. The Hall–Kier alpha value is -2.04. The fourth-order valence-electron chi connectivity index (χ4n) is 1.22. The van der Waals surface area contributed by atoms with E-state index in [2.05, 4.69) is 9.53 Å². The van der Waals surface area contributed by atoms with Crippen LogP contribution >= 0.6 is 0 Å². The topological polar surface area (TPSA) is 82.9 Å². The first-order chi connectivity index (χ1) is 8.10. The van der Waals surface area contributed by atoms with E-state index in [0.717, 1.165) is 12.1 Å². The Kier molecular flexibility index (Phi) is 4.51. The summed E-state index contributed by atoms with van der Waals surface area (Å²) in [5, 5.41) is 9.75. The molecule has 0 spiro atoms. The fourth-order valence-corrected chi connectivity index (χ4v) is 1.22. The molecule has 1 rings (SSSR count). The van der Waals surface area contributed by atoms with Gasteiger partial charge in [-0.3, -0.25) is 0 Å². The molecule has 6 heteroatoms. The lowest BCUT2D eigenvalue weighted by Crippen LogP contribution is -2.25. The number of hydrogen-bond donors (Lipinski definition) is 1. The zero-order valence-corrected chi connectivity index (χ0v) is 9.13. The molecule has 0 heterocycles. The van der Waals surface area contributed by atoms with Gasteiger partial charge in [-0.05, 0) is 24.6 Å². The second-order valence-corrected chi connectivity index (χ2v) is 3.16. The quantitative estimate of drug-likeness (QED) is 0.369. The lowest BCUT2D eigenvalue weighted by molar-refractivity contribution is -0.141. The van der Waals surface area contributed by atoms with Crippen molar-refractivity contribution in [1.29, 1.82) is 0 Å². The van der Waals surface area contributed by atoms with Crippen molar-refractivity contribution in [3.63, 3.8) is 0 Å². The van der Waals surface area contributed by atoms with Crippen LogP contribution in [0.1, 0.15) is 18.6 Å². The molecule has 17 heavy (non-hydrogen) atoms. The van der Waals surface area contributed by atoms with Gasteiger partial charge in [-0.1, -0.05) is 12.1 Å². The van der Waals surface area contributed by atoms with Crippen molar-refractivity contribution in [2.24, 2.45) is 0 Å². The first-order valence-corrected chi connectivity index (χ1v) is 4.92. The third-order valence-electron chi connectivity index (χ3n) is 2.04. The molecule has 1 atom stereocenters. The van der Waals surface area contributed by atoms with Crippen LogP contribution in [0.4, 0.5) is 4.39 Å². The number of aliphatic hydroxyl groups is 1. The zero-order chi connectivity index (χ0) is 12.8. The summed E-state index contributed by atoms with van der Waals surface area (Å²) in [6.45, 7) is 1.67. The number of carbonyl (C=O) groups is 1. The summed E-state index contributed by atoms with van der Waals surface area (Å²) in [5.41, 5.74) is 8.35. The Morgan fingerprint density at radius 1 is 1.53 bits per heavy atom. The summed E-state index contributed by atoms with van der Waals surface area (Å²) < 4.78 is 17.3. The molecule has 0 saturated carbocycles. The van der Waals surface area contributed by atoms with Gasteiger partial charge < -0.3 is 15.4 Å². The summed E-state index contributed by atoms with van der Waals surface area (Å²) in [4.78, 5) is 14.0. The first kappa shape index (κ1) is 13.0. The monoisotopic (exact) mass is 238 g/mol. The number of esters is 1. The maximum atomic E-state index is 12.7. The molecule has 0 fully saturated rings. The van der Waals surface area contributed by atoms with Crippen molar-refractivity contribution < 1.29 is 23.8 Å². The summed E-state index contributed by atoms with van der Waals surface area (Å²) in [5.74, 6) is -1.40. The smallest absolute Gasteiger partial charge is 0.420 e. The van der Waals surface area contributed by atoms with E-state index in [0.29, 0.717) is 0 Å². The fraction of sp³-hybridized carbons (Fsp3) is 0.273. The van der Waals surface area contributed by atoms with Crippen LogP contribution < -0.4 is 0 Å². The van der Waals surface area contributed by atoms with E-state index in [1.165, 1.54) is 12.1 Å². The molecular weight excluding hydrogens is 227 g/mol. The summed E-state index contributed by atoms with van der Waals surface area (Å²) in [7, 11) is 0. The largest absolute Gasteiger partial charge is 0.457 e. The van der Waals surface area contributed by atoms with E-state index < -0.39 is 23.6 Å². The molecule has 0 bridgehead atoms. The van der Waals surface area contributed by atoms with Crippen LogP contribution in [0, 0.1) is 5.82 Å². The number of hydrogen-bond acceptors (Lipinski definition) is 3. The Morgan fingerprint density at radius 2 is 2.12 bits per heavy atom. The molecule has 0 radical (unpaired) electrons. The Balaban J connectivity index is 2.94. The van der Waals surface area contributed by atoms with Gasteiger partial charge >= 0.3 is 11.7 Å². The van der Waals surface area contributed by atoms with Gasteiger partial charge in [0.15, 0.2) is 6.10 Å². The number of carbonyl (C=O) groups excluding carboxylic acids is 1. The Morgan fingerprint density at radius 3 is 2.59 bits per heavy atom. The molecular formula is C11H11FN2O3. The third kappa shape index (κ3) is 3.21. The van der Waals surface area contributed by atoms with Gasteiger partial charge in [-0.25, -0.2) is 9.18 Å². The van der Waals surface area contributed by atoms with Gasteiger partial charge in [0.05, 0.1) is 6.61 Å². The van der Waals surface area contributed by atoms with Crippen LogP contribution in [-0.4, -0.2) is 28.2 Å². The van der Waals surface area contributed by atoms with Crippen molar-refractivity contribution >= 4 is 11.7 Å². The number of benzene rings is 1. The van der Waals surface area contributed by atoms with Crippen LogP contribution in [0.2, 0.25) is 0 Å². The Labute approximate surface area is 97.1 Å². The minimum atomic E-state index is -1.46. The average molecular weight is 238 g/mol. The molecule has 5 nitrogen and oxygen atoms in total. The van der Waals surface area contributed by atoms with Crippen molar-refractivity contribution in [1.82, 2.24) is 0 Å². The summed E-state index contributed by atoms with van der Waals surface area (Å²) in [6.07, 6.45) is -1.46. The maximum Gasteiger partial charge on any atom is 0.420 e. The van der Waals surface area contributed by atoms with Crippen LogP contribution in [0.5, 0.6) is 0 Å². The Bertz CT molecular complexity index is 452. The van der Waals surface area contributed by atoms with Gasteiger partial charge in [-0.15, -0.1) is 0 Å². The van der Waals surface area contributed by atoms with E-state index in [1.807, 2.05) is 0 Å². The van der Waals surface area contributed by atoms with E-state index in [1.54, 1.807) is 6.92 Å². The van der Waals surface area contributed by atoms with E-state index >= 15 is 0 Å². The molecule has 0 aliphatic carbocycles. The maximum absolute atomic E-state index is 12.7. The molecule has 1 unspecified atom stereocenters. The molecule has 0 saturated heterocycles. The molecule has 1 N–H and O–H groups in total. The van der Waals surface area contributed by atoms with Gasteiger partial charge in [0.25, 0.3) is 0 Å². The standard InChI is InChI=1S/C11H11FN2O3/c1-2-17-11(16)9(14-13)10(15)7-3-5-8(12)6-4-7/h3-6,10,15H,2H2,1H3. The highest BCUT2D eigenvalue weighted by Crippen LogP contribution is 2.15. The van der Waals surface area contributed by atoms with Crippen molar-refractivity contribution in [3.8, 4) is 0 Å². The van der Waals surface area contributed by atoms with Crippen LogP contribution in [0.25, 0.3) is 5.53 Å². The highest BCUT2D eigenvalue weighted by molar-refractivity contribution is 6.35. The molecule has 1 aromatic rings.